The molecule has 0 heterocycles. The molecule has 1 amide bonds. The predicted octanol–water partition coefficient (Wildman–Crippen LogP) is 2.28. The maximum atomic E-state index is 12.4. The predicted molar refractivity (Wildman–Crippen MR) is 86.3 cm³/mol. The molecule has 0 aliphatic heterocycles. The van der Waals surface area contributed by atoms with Crippen molar-refractivity contribution in [3.63, 3.8) is 0 Å². The van der Waals surface area contributed by atoms with Gasteiger partial charge in [0.2, 0.25) is 10.0 Å². The van der Waals surface area contributed by atoms with Crippen molar-refractivity contribution in [2.24, 2.45) is 11.8 Å². The van der Waals surface area contributed by atoms with Crippen LogP contribution in [0.2, 0.25) is 0 Å². The van der Waals surface area contributed by atoms with Crippen molar-refractivity contribution in [3.05, 3.63) is 29.3 Å². The average molecular weight is 322 g/mol. The van der Waals surface area contributed by atoms with Gasteiger partial charge in [0.1, 0.15) is 0 Å². The molecule has 0 aromatic heterocycles. The molecule has 5 nitrogen and oxygen atoms in total. The number of aryl methyl sites for hydroxylation is 1. The third-order valence-electron chi connectivity index (χ3n) is 4.84. The van der Waals surface area contributed by atoms with Crippen LogP contribution in [-0.2, 0) is 10.0 Å². The first-order valence-corrected chi connectivity index (χ1v) is 9.60. The van der Waals surface area contributed by atoms with Gasteiger partial charge in [-0.1, -0.05) is 6.42 Å². The summed E-state index contributed by atoms with van der Waals surface area (Å²) in [6.45, 7) is 1.79. The number of sulfonamides is 1. The summed E-state index contributed by atoms with van der Waals surface area (Å²) in [5.74, 6) is 1.37. The summed E-state index contributed by atoms with van der Waals surface area (Å²) in [4.78, 5) is 12.4. The van der Waals surface area contributed by atoms with Crippen molar-refractivity contribution in [1.29, 1.82) is 0 Å². The van der Waals surface area contributed by atoms with E-state index in [0.29, 0.717) is 23.2 Å². The van der Waals surface area contributed by atoms with Crippen molar-refractivity contribution < 1.29 is 13.2 Å². The molecule has 2 aliphatic carbocycles. The fourth-order valence-corrected chi connectivity index (χ4v) is 4.42. The highest BCUT2D eigenvalue weighted by Gasteiger charge is 2.40. The zero-order chi connectivity index (χ0) is 15.9. The Hall–Kier alpha value is -1.56. The van der Waals surface area contributed by atoms with E-state index in [4.69, 9.17) is 0 Å². The second kappa shape index (κ2) is 5.57. The molecule has 0 spiro atoms. The largest absolute Gasteiger partial charge is 0.349 e. The summed E-state index contributed by atoms with van der Waals surface area (Å²) >= 11 is 0. The first-order valence-electron chi connectivity index (χ1n) is 7.71. The summed E-state index contributed by atoms with van der Waals surface area (Å²) in [6.07, 6.45) is 6.00. The zero-order valence-corrected chi connectivity index (χ0v) is 13.7. The molecular formula is C16H22N2O3S. The van der Waals surface area contributed by atoms with Gasteiger partial charge in [-0.15, -0.1) is 0 Å². The van der Waals surface area contributed by atoms with E-state index in [1.807, 2.05) is 0 Å². The summed E-state index contributed by atoms with van der Waals surface area (Å²) < 4.78 is 25.0. The Labute approximate surface area is 131 Å². The van der Waals surface area contributed by atoms with Crippen LogP contribution in [0.25, 0.3) is 0 Å². The van der Waals surface area contributed by atoms with Gasteiger partial charge in [0.05, 0.1) is 11.9 Å². The third kappa shape index (κ3) is 3.27. The molecule has 2 N–H and O–H groups in total. The Balaban J connectivity index is 1.69. The summed E-state index contributed by atoms with van der Waals surface area (Å²) in [6, 6.07) is 5.35. The number of amides is 1. The molecule has 2 bridgehead atoms. The Morgan fingerprint density at radius 1 is 1.23 bits per heavy atom. The van der Waals surface area contributed by atoms with Crippen LogP contribution < -0.4 is 10.0 Å². The van der Waals surface area contributed by atoms with Crippen molar-refractivity contribution in [2.75, 3.05) is 11.0 Å². The number of carbonyl (C=O) groups is 1. The molecule has 2 fully saturated rings. The Bertz CT molecular complexity index is 699. The molecule has 0 radical (unpaired) electrons. The normalized spacial score (nSPS) is 26.9. The van der Waals surface area contributed by atoms with Gasteiger partial charge in [-0.25, -0.2) is 8.42 Å². The number of hydrogen-bond donors (Lipinski definition) is 2. The van der Waals surface area contributed by atoms with Crippen LogP contribution in [-0.4, -0.2) is 26.6 Å². The van der Waals surface area contributed by atoms with Crippen molar-refractivity contribution in [1.82, 2.24) is 5.32 Å². The molecule has 22 heavy (non-hydrogen) atoms. The minimum Gasteiger partial charge on any atom is -0.349 e. The lowest BCUT2D eigenvalue weighted by molar-refractivity contribution is 0.0923. The molecule has 2 aliphatic rings. The number of fused-ring (bicyclic) bond motifs is 2. The quantitative estimate of drug-likeness (QED) is 0.893. The van der Waals surface area contributed by atoms with Crippen LogP contribution in [0, 0.1) is 18.8 Å². The Kier molecular flexibility index (Phi) is 3.89. The minimum absolute atomic E-state index is 0.0634. The number of hydrogen-bond acceptors (Lipinski definition) is 3. The lowest BCUT2D eigenvalue weighted by atomic mass is 9.95. The van der Waals surface area contributed by atoms with Gasteiger partial charge >= 0.3 is 0 Å². The average Bonchev–Trinajstić information content (AvgIpc) is 3.02. The standard InChI is InChI=1S/C16H22N2O3S/c1-10-7-13(5-6-14(10)18-22(2,20)21)16(19)17-15-9-11-3-4-12(15)8-11/h5-7,11-12,15,18H,3-4,8-9H2,1-2H3,(H,17,19)/t11-,12-,15-/m1/s1. The Morgan fingerprint density at radius 2 is 2.00 bits per heavy atom. The van der Waals surface area contributed by atoms with Gasteiger partial charge < -0.3 is 5.32 Å². The fourth-order valence-electron chi connectivity index (χ4n) is 3.79. The smallest absolute Gasteiger partial charge is 0.251 e. The molecule has 120 valence electrons. The maximum Gasteiger partial charge on any atom is 0.251 e. The lowest BCUT2D eigenvalue weighted by Gasteiger charge is -2.23. The fraction of sp³-hybridized carbons (Fsp3) is 0.562. The van der Waals surface area contributed by atoms with Crippen LogP contribution in [0.3, 0.4) is 0 Å². The van der Waals surface area contributed by atoms with Crippen LogP contribution in [0.4, 0.5) is 5.69 Å². The van der Waals surface area contributed by atoms with Crippen LogP contribution in [0.5, 0.6) is 0 Å². The van der Waals surface area contributed by atoms with Gasteiger partial charge in [0.25, 0.3) is 5.91 Å². The van der Waals surface area contributed by atoms with E-state index in [2.05, 4.69) is 10.0 Å². The number of carbonyl (C=O) groups excluding carboxylic acids is 1. The summed E-state index contributed by atoms with van der Waals surface area (Å²) in [5.41, 5.74) is 1.84. The first kappa shape index (κ1) is 15.3. The number of nitrogens with one attached hydrogen (secondary N) is 2. The molecular weight excluding hydrogens is 300 g/mol. The topological polar surface area (TPSA) is 75.3 Å². The van der Waals surface area contributed by atoms with Crippen LogP contribution in [0.1, 0.15) is 41.6 Å². The van der Waals surface area contributed by atoms with Crippen molar-refractivity contribution in [3.8, 4) is 0 Å². The molecule has 3 rings (SSSR count). The van der Waals surface area contributed by atoms with E-state index in [-0.39, 0.29) is 5.91 Å². The van der Waals surface area contributed by atoms with Crippen molar-refractivity contribution >= 4 is 21.6 Å². The molecule has 6 heteroatoms. The van der Waals surface area contributed by atoms with Gasteiger partial charge in [0, 0.05) is 11.6 Å². The van der Waals surface area contributed by atoms with E-state index < -0.39 is 10.0 Å². The summed E-state index contributed by atoms with van der Waals surface area (Å²) in [7, 11) is -3.31. The first-order chi connectivity index (χ1) is 10.3. The number of rotatable bonds is 4. The highest BCUT2D eigenvalue weighted by atomic mass is 32.2. The van der Waals surface area contributed by atoms with E-state index >= 15 is 0 Å². The highest BCUT2D eigenvalue weighted by molar-refractivity contribution is 7.92. The third-order valence-corrected chi connectivity index (χ3v) is 5.43. The summed E-state index contributed by atoms with van der Waals surface area (Å²) in [5, 5.41) is 3.14. The maximum absolute atomic E-state index is 12.4. The van der Waals surface area contributed by atoms with E-state index in [1.165, 1.54) is 19.3 Å². The lowest BCUT2D eigenvalue weighted by Crippen LogP contribution is -2.38. The van der Waals surface area contributed by atoms with Crippen LogP contribution >= 0.6 is 0 Å². The number of anilines is 1. The second-order valence-electron chi connectivity index (χ2n) is 6.66. The highest BCUT2D eigenvalue weighted by Crippen LogP contribution is 2.44. The molecule has 0 unspecified atom stereocenters. The van der Waals surface area contributed by atoms with Gasteiger partial charge in [0.15, 0.2) is 0 Å². The zero-order valence-electron chi connectivity index (χ0n) is 12.9. The van der Waals surface area contributed by atoms with E-state index in [0.717, 1.165) is 24.2 Å². The SMILES string of the molecule is Cc1cc(C(=O)N[C@@H]2C[C@@H]3CC[C@@H]2C3)ccc1NS(C)(=O)=O. The van der Waals surface area contributed by atoms with Gasteiger partial charge in [-0.3, -0.25) is 9.52 Å². The molecule has 1 aromatic carbocycles. The molecule has 1 aromatic rings. The monoisotopic (exact) mass is 322 g/mol. The molecule has 2 saturated carbocycles. The second-order valence-corrected chi connectivity index (χ2v) is 8.41. The van der Waals surface area contributed by atoms with Crippen LogP contribution in [0.15, 0.2) is 18.2 Å². The number of benzene rings is 1. The Morgan fingerprint density at radius 3 is 2.55 bits per heavy atom. The minimum atomic E-state index is -3.31. The molecule has 3 atom stereocenters. The van der Waals surface area contributed by atoms with Crippen molar-refractivity contribution in [2.45, 2.75) is 38.6 Å². The van der Waals surface area contributed by atoms with E-state index in [9.17, 15) is 13.2 Å². The van der Waals surface area contributed by atoms with E-state index in [1.54, 1.807) is 25.1 Å². The molecule has 0 saturated heterocycles. The van der Waals surface area contributed by atoms with Gasteiger partial charge in [-0.2, -0.15) is 0 Å². The van der Waals surface area contributed by atoms with Gasteiger partial charge in [-0.05, 0) is 61.8 Å².